The number of nitrogens with zero attached hydrogens (tertiary/aromatic N) is 1. The third-order valence-electron chi connectivity index (χ3n) is 3.55. The number of aromatic nitrogens is 1. The summed E-state index contributed by atoms with van der Waals surface area (Å²) < 4.78 is 10.8. The van der Waals surface area contributed by atoms with Crippen LogP contribution in [0, 0.1) is 0 Å². The number of pyridine rings is 1. The van der Waals surface area contributed by atoms with Crippen molar-refractivity contribution >= 4 is 5.91 Å². The first kappa shape index (κ1) is 16.5. The van der Waals surface area contributed by atoms with Crippen molar-refractivity contribution in [2.75, 3.05) is 7.11 Å². The number of carbonyl (C=O) groups excluding carboxylic acids is 1. The Morgan fingerprint density at radius 1 is 1.00 bits per heavy atom. The van der Waals surface area contributed by atoms with Crippen LogP contribution in [-0.4, -0.2) is 18.0 Å². The fourth-order valence-corrected chi connectivity index (χ4v) is 2.27. The molecule has 1 amide bonds. The van der Waals surface area contributed by atoms with Crippen molar-refractivity contribution in [3.05, 3.63) is 84.1 Å². The summed E-state index contributed by atoms with van der Waals surface area (Å²) in [4.78, 5) is 16.4. The highest BCUT2D eigenvalue weighted by Crippen LogP contribution is 2.19. The highest BCUT2D eigenvalue weighted by Gasteiger charge is 2.07. The van der Waals surface area contributed by atoms with Gasteiger partial charge in [0.25, 0.3) is 5.91 Å². The minimum absolute atomic E-state index is 0.166. The SMILES string of the molecule is COc1cccc(C(=O)NCc2ccnc(Oc3ccccc3)c2)c1. The molecule has 5 heteroatoms. The van der Waals surface area contributed by atoms with Crippen molar-refractivity contribution in [3.63, 3.8) is 0 Å². The van der Waals surface area contributed by atoms with Crippen molar-refractivity contribution in [2.24, 2.45) is 0 Å². The van der Waals surface area contributed by atoms with Crippen molar-refractivity contribution in [1.82, 2.24) is 10.3 Å². The molecule has 0 bridgehead atoms. The Morgan fingerprint density at radius 3 is 2.60 bits per heavy atom. The molecule has 0 atom stereocenters. The van der Waals surface area contributed by atoms with E-state index in [-0.39, 0.29) is 5.91 Å². The van der Waals surface area contributed by atoms with Crippen LogP contribution in [0.3, 0.4) is 0 Å². The Labute approximate surface area is 146 Å². The quantitative estimate of drug-likeness (QED) is 0.744. The van der Waals surface area contributed by atoms with Crippen LogP contribution < -0.4 is 14.8 Å². The second-order valence-corrected chi connectivity index (χ2v) is 5.33. The molecule has 1 aromatic heterocycles. The van der Waals surface area contributed by atoms with Gasteiger partial charge >= 0.3 is 0 Å². The lowest BCUT2D eigenvalue weighted by molar-refractivity contribution is 0.0950. The monoisotopic (exact) mass is 334 g/mol. The number of benzene rings is 2. The summed E-state index contributed by atoms with van der Waals surface area (Å²) in [5, 5.41) is 2.88. The van der Waals surface area contributed by atoms with Gasteiger partial charge in [-0.25, -0.2) is 4.98 Å². The smallest absolute Gasteiger partial charge is 0.251 e. The Kier molecular flexibility index (Phi) is 5.26. The van der Waals surface area contributed by atoms with E-state index in [1.807, 2.05) is 36.4 Å². The molecule has 0 radical (unpaired) electrons. The molecular weight excluding hydrogens is 316 g/mol. The van der Waals surface area contributed by atoms with E-state index in [4.69, 9.17) is 9.47 Å². The number of hydrogen-bond acceptors (Lipinski definition) is 4. The van der Waals surface area contributed by atoms with Crippen LogP contribution in [0.1, 0.15) is 15.9 Å². The summed E-state index contributed by atoms with van der Waals surface area (Å²) in [6.07, 6.45) is 1.66. The van der Waals surface area contributed by atoms with E-state index in [0.29, 0.717) is 29.5 Å². The molecule has 2 aromatic carbocycles. The molecule has 25 heavy (non-hydrogen) atoms. The summed E-state index contributed by atoms with van der Waals surface area (Å²) in [5.41, 5.74) is 1.45. The average Bonchev–Trinajstić information content (AvgIpc) is 2.67. The second kappa shape index (κ2) is 7.97. The molecule has 1 N–H and O–H groups in total. The fraction of sp³-hybridized carbons (Fsp3) is 0.100. The van der Waals surface area contributed by atoms with Crippen LogP contribution in [-0.2, 0) is 6.54 Å². The topological polar surface area (TPSA) is 60.5 Å². The highest BCUT2D eigenvalue weighted by atomic mass is 16.5. The Morgan fingerprint density at radius 2 is 1.80 bits per heavy atom. The number of methoxy groups -OCH3 is 1. The first-order chi connectivity index (χ1) is 12.2. The van der Waals surface area contributed by atoms with Gasteiger partial charge < -0.3 is 14.8 Å². The number of nitrogens with one attached hydrogen (secondary N) is 1. The molecule has 0 aliphatic carbocycles. The third-order valence-corrected chi connectivity index (χ3v) is 3.55. The van der Waals surface area contributed by atoms with Gasteiger partial charge in [0.2, 0.25) is 5.88 Å². The Bertz CT molecular complexity index is 850. The van der Waals surface area contributed by atoms with Gasteiger partial charge in [0.15, 0.2) is 0 Å². The average molecular weight is 334 g/mol. The largest absolute Gasteiger partial charge is 0.497 e. The lowest BCUT2D eigenvalue weighted by Gasteiger charge is -2.08. The van der Waals surface area contributed by atoms with E-state index in [1.54, 1.807) is 43.6 Å². The fourth-order valence-electron chi connectivity index (χ4n) is 2.27. The van der Waals surface area contributed by atoms with Gasteiger partial charge in [-0.1, -0.05) is 24.3 Å². The summed E-state index contributed by atoms with van der Waals surface area (Å²) in [5.74, 6) is 1.68. The Hall–Kier alpha value is -3.34. The predicted molar refractivity (Wildman–Crippen MR) is 94.9 cm³/mol. The molecule has 1 heterocycles. The first-order valence-electron chi connectivity index (χ1n) is 7.85. The van der Waals surface area contributed by atoms with Crippen LogP contribution in [0.15, 0.2) is 72.9 Å². The van der Waals surface area contributed by atoms with E-state index in [1.165, 1.54) is 0 Å². The number of para-hydroxylation sites is 1. The number of amides is 1. The summed E-state index contributed by atoms with van der Waals surface area (Å²) in [7, 11) is 1.57. The van der Waals surface area contributed by atoms with Crippen LogP contribution in [0.4, 0.5) is 0 Å². The van der Waals surface area contributed by atoms with Gasteiger partial charge in [-0.05, 0) is 42.0 Å². The maximum absolute atomic E-state index is 12.2. The lowest BCUT2D eigenvalue weighted by atomic mass is 10.2. The zero-order valence-corrected chi connectivity index (χ0v) is 13.8. The van der Waals surface area contributed by atoms with E-state index in [9.17, 15) is 4.79 Å². The van der Waals surface area contributed by atoms with Crippen LogP contribution in [0.2, 0.25) is 0 Å². The van der Waals surface area contributed by atoms with E-state index < -0.39 is 0 Å². The van der Waals surface area contributed by atoms with E-state index >= 15 is 0 Å². The van der Waals surface area contributed by atoms with Crippen LogP contribution in [0.5, 0.6) is 17.4 Å². The van der Waals surface area contributed by atoms with Gasteiger partial charge in [0, 0.05) is 24.4 Å². The minimum Gasteiger partial charge on any atom is -0.497 e. The van der Waals surface area contributed by atoms with Crippen molar-refractivity contribution in [3.8, 4) is 17.4 Å². The summed E-state index contributed by atoms with van der Waals surface area (Å²) in [6, 6.07) is 20.1. The molecule has 0 fully saturated rings. The number of carbonyl (C=O) groups is 1. The highest BCUT2D eigenvalue weighted by molar-refractivity contribution is 5.94. The molecule has 0 aliphatic rings. The maximum atomic E-state index is 12.2. The van der Waals surface area contributed by atoms with E-state index in [0.717, 1.165) is 5.56 Å². The van der Waals surface area contributed by atoms with Gasteiger partial charge in [-0.2, -0.15) is 0 Å². The summed E-state index contributed by atoms with van der Waals surface area (Å²) >= 11 is 0. The summed E-state index contributed by atoms with van der Waals surface area (Å²) in [6.45, 7) is 0.379. The Balaban J connectivity index is 1.63. The molecular formula is C20H18N2O3. The lowest BCUT2D eigenvalue weighted by Crippen LogP contribution is -2.22. The number of ether oxygens (including phenoxy) is 2. The van der Waals surface area contributed by atoms with E-state index in [2.05, 4.69) is 10.3 Å². The second-order valence-electron chi connectivity index (χ2n) is 5.33. The first-order valence-corrected chi connectivity index (χ1v) is 7.85. The number of rotatable bonds is 6. The molecule has 0 saturated carbocycles. The molecule has 0 saturated heterocycles. The molecule has 0 unspecified atom stereocenters. The predicted octanol–water partition coefficient (Wildman–Crippen LogP) is 3.81. The number of hydrogen-bond donors (Lipinski definition) is 1. The molecule has 0 aliphatic heterocycles. The van der Waals surface area contributed by atoms with Gasteiger partial charge in [-0.3, -0.25) is 4.79 Å². The molecule has 0 spiro atoms. The molecule has 3 rings (SSSR count). The van der Waals surface area contributed by atoms with Gasteiger partial charge in [-0.15, -0.1) is 0 Å². The van der Waals surface area contributed by atoms with Gasteiger partial charge in [0.05, 0.1) is 7.11 Å². The van der Waals surface area contributed by atoms with Crippen molar-refractivity contribution in [2.45, 2.75) is 6.54 Å². The van der Waals surface area contributed by atoms with Crippen LogP contribution in [0.25, 0.3) is 0 Å². The molecule has 5 nitrogen and oxygen atoms in total. The van der Waals surface area contributed by atoms with Crippen molar-refractivity contribution in [1.29, 1.82) is 0 Å². The zero-order chi connectivity index (χ0) is 17.5. The normalized spacial score (nSPS) is 10.1. The zero-order valence-electron chi connectivity index (χ0n) is 13.8. The van der Waals surface area contributed by atoms with Crippen LogP contribution >= 0.6 is 0 Å². The molecule has 126 valence electrons. The maximum Gasteiger partial charge on any atom is 0.251 e. The standard InChI is InChI=1S/C20H18N2O3/c1-24-18-9-5-6-16(13-18)20(23)22-14-15-10-11-21-19(12-15)25-17-7-3-2-4-8-17/h2-13H,14H2,1H3,(H,22,23). The van der Waals surface area contributed by atoms with Gasteiger partial charge in [0.1, 0.15) is 11.5 Å². The van der Waals surface area contributed by atoms with Crippen molar-refractivity contribution < 1.29 is 14.3 Å². The minimum atomic E-state index is -0.166. The third kappa shape index (κ3) is 4.57. The molecule has 3 aromatic rings.